The van der Waals surface area contributed by atoms with Crippen molar-refractivity contribution in [1.82, 2.24) is 20.2 Å². The molecule has 2 fully saturated rings. The first-order chi connectivity index (χ1) is 9.25. The fourth-order valence-electron chi connectivity index (χ4n) is 2.84. The molecule has 2 saturated heterocycles. The van der Waals surface area contributed by atoms with E-state index in [1.165, 1.54) is 0 Å². The average molecular weight is 263 g/mol. The van der Waals surface area contributed by atoms with E-state index in [9.17, 15) is 5.11 Å². The second kappa shape index (κ2) is 5.40. The number of nitrogens with zero attached hydrogens (tertiary/aromatic N) is 4. The molecule has 3 heterocycles. The third-order valence-corrected chi connectivity index (χ3v) is 3.95. The highest BCUT2D eigenvalue weighted by atomic mass is 16.3. The van der Waals surface area contributed by atoms with E-state index in [2.05, 4.69) is 25.1 Å². The Morgan fingerprint density at radius 3 is 2.58 bits per heavy atom. The lowest BCUT2D eigenvalue weighted by Crippen LogP contribution is -2.53. The molecule has 2 aliphatic rings. The molecule has 19 heavy (non-hydrogen) atoms. The van der Waals surface area contributed by atoms with Crippen LogP contribution in [0.3, 0.4) is 0 Å². The van der Waals surface area contributed by atoms with Gasteiger partial charge in [-0.3, -0.25) is 4.90 Å². The van der Waals surface area contributed by atoms with Gasteiger partial charge in [0.25, 0.3) is 0 Å². The van der Waals surface area contributed by atoms with Crippen molar-refractivity contribution in [3.8, 4) is 0 Å². The van der Waals surface area contributed by atoms with Crippen LogP contribution in [0.2, 0.25) is 0 Å². The number of β-amino-alcohol motifs (C(OH)–C–C–N with tert-alkyl or cyclic N) is 1. The Morgan fingerprint density at radius 2 is 1.95 bits per heavy atom. The molecule has 1 aromatic rings. The Bertz CT molecular complexity index is 399. The van der Waals surface area contributed by atoms with Crippen LogP contribution in [0.4, 0.5) is 5.95 Å². The van der Waals surface area contributed by atoms with Crippen molar-refractivity contribution in [2.24, 2.45) is 0 Å². The Labute approximate surface area is 113 Å². The summed E-state index contributed by atoms with van der Waals surface area (Å²) in [6.45, 7) is 6.18. The molecule has 1 atom stereocenters. The third-order valence-electron chi connectivity index (χ3n) is 3.95. The Hall–Kier alpha value is -1.24. The van der Waals surface area contributed by atoms with Gasteiger partial charge < -0.3 is 15.3 Å². The number of nitrogens with one attached hydrogen (secondary N) is 1. The van der Waals surface area contributed by atoms with Gasteiger partial charge in [-0.1, -0.05) is 0 Å². The molecule has 0 amide bonds. The molecule has 0 saturated carbocycles. The lowest BCUT2D eigenvalue weighted by molar-refractivity contribution is 0.0193. The van der Waals surface area contributed by atoms with E-state index in [1.807, 2.05) is 6.07 Å². The predicted octanol–water partition coefficient (Wildman–Crippen LogP) is -0.677. The van der Waals surface area contributed by atoms with Gasteiger partial charge in [0.05, 0.1) is 5.60 Å². The average Bonchev–Trinajstić information content (AvgIpc) is 2.87. The molecule has 0 bridgehead atoms. The first kappa shape index (κ1) is 12.8. The summed E-state index contributed by atoms with van der Waals surface area (Å²) < 4.78 is 0. The van der Waals surface area contributed by atoms with Crippen LogP contribution < -0.4 is 10.2 Å². The maximum atomic E-state index is 10.4. The first-order valence-corrected chi connectivity index (χ1v) is 6.93. The van der Waals surface area contributed by atoms with Crippen molar-refractivity contribution in [3.63, 3.8) is 0 Å². The molecule has 2 N–H and O–H groups in total. The van der Waals surface area contributed by atoms with Gasteiger partial charge in [0.1, 0.15) is 0 Å². The van der Waals surface area contributed by atoms with E-state index in [0.29, 0.717) is 0 Å². The smallest absolute Gasteiger partial charge is 0.225 e. The highest BCUT2D eigenvalue weighted by Crippen LogP contribution is 2.18. The van der Waals surface area contributed by atoms with E-state index in [4.69, 9.17) is 0 Å². The van der Waals surface area contributed by atoms with E-state index in [0.717, 1.165) is 58.2 Å². The van der Waals surface area contributed by atoms with Crippen molar-refractivity contribution in [3.05, 3.63) is 18.5 Å². The van der Waals surface area contributed by atoms with E-state index >= 15 is 0 Å². The zero-order chi connectivity index (χ0) is 13.1. The molecule has 1 unspecified atom stereocenters. The van der Waals surface area contributed by atoms with Crippen LogP contribution in [0.25, 0.3) is 0 Å². The van der Waals surface area contributed by atoms with Crippen LogP contribution in [0.15, 0.2) is 18.5 Å². The number of aromatic nitrogens is 2. The van der Waals surface area contributed by atoms with Gasteiger partial charge in [0.2, 0.25) is 5.95 Å². The predicted molar refractivity (Wildman–Crippen MR) is 73.1 cm³/mol. The van der Waals surface area contributed by atoms with Crippen molar-refractivity contribution >= 4 is 5.95 Å². The molecular weight excluding hydrogens is 242 g/mol. The van der Waals surface area contributed by atoms with Crippen LogP contribution >= 0.6 is 0 Å². The van der Waals surface area contributed by atoms with Crippen LogP contribution in [-0.2, 0) is 0 Å². The van der Waals surface area contributed by atoms with Gasteiger partial charge >= 0.3 is 0 Å². The maximum absolute atomic E-state index is 10.4. The highest BCUT2D eigenvalue weighted by molar-refractivity contribution is 5.29. The minimum Gasteiger partial charge on any atom is -0.387 e. The van der Waals surface area contributed by atoms with Crippen LogP contribution in [-0.4, -0.2) is 71.4 Å². The van der Waals surface area contributed by atoms with Gasteiger partial charge in [-0.15, -0.1) is 0 Å². The van der Waals surface area contributed by atoms with Gasteiger partial charge in [-0.05, 0) is 19.0 Å². The second-order valence-corrected chi connectivity index (χ2v) is 5.46. The number of anilines is 1. The molecule has 2 aliphatic heterocycles. The summed E-state index contributed by atoms with van der Waals surface area (Å²) >= 11 is 0. The summed E-state index contributed by atoms with van der Waals surface area (Å²) in [6, 6.07) is 1.84. The minimum absolute atomic E-state index is 0.536. The Kier molecular flexibility index (Phi) is 3.63. The summed E-state index contributed by atoms with van der Waals surface area (Å²) in [5, 5.41) is 13.6. The molecular formula is C13H21N5O. The maximum Gasteiger partial charge on any atom is 0.225 e. The number of hydrogen-bond acceptors (Lipinski definition) is 6. The van der Waals surface area contributed by atoms with Gasteiger partial charge in [-0.25, -0.2) is 9.97 Å². The topological polar surface area (TPSA) is 64.5 Å². The SMILES string of the molecule is OC1(CN2CCN(c3ncccn3)CC2)CCNC1. The largest absolute Gasteiger partial charge is 0.387 e. The molecule has 6 heteroatoms. The fraction of sp³-hybridized carbons (Fsp3) is 0.692. The summed E-state index contributed by atoms with van der Waals surface area (Å²) in [6.07, 6.45) is 4.41. The zero-order valence-electron chi connectivity index (χ0n) is 11.1. The molecule has 0 spiro atoms. The van der Waals surface area contributed by atoms with Gasteiger partial charge in [0.15, 0.2) is 0 Å². The van der Waals surface area contributed by atoms with E-state index < -0.39 is 5.60 Å². The quantitative estimate of drug-likeness (QED) is 0.753. The molecule has 104 valence electrons. The van der Waals surface area contributed by atoms with Crippen LogP contribution in [0.5, 0.6) is 0 Å². The zero-order valence-corrected chi connectivity index (χ0v) is 11.1. The summed E-state index contributed by atoms with van der Waals surface area (Å²) in [5.74, 6) is 0.809. The van der Waals surface area contributed by atoms with Gasteiger partial charge in [-0.2, -0.15) is 0 Å². The van der Waals surface area contributed by atoms with Crippen molar-refractivity contribution in [1.29, 1.82) is 0 Å². The molecule has 0 aromatic carbocycles. The Morgan fingerprint density at radius 1 is 1.21 bits per heavy atom. The van der Waals surface area contributed by atoms with Crippen molar-refractivity contribution in [2.75, 3.05) is 50.7 Å². The molecule has 0 aliphatic carbocycles. The lowest BCUT2D eigenvalue weighted by atomic mass is 10.0. The molecule has 3 rings (SSSR count). The summed E-state index contributed by atoms with van der Waals surface area (Å²) in [5.41, 5.74) is -0.536. The lowest BCUT2D eigenvalue weighted by Gasteiger charge is -2.37. The number of piperazine rings is 1. The van der Waals surface area contributed by atoms with E-state index in [-0.39, 0.29) is 0 Å². The Balaban J connectivity index is 1.52. The second-order valence-electron chi connectivity index (χ2n) is 5.46. The first-order valence-electron chi connectivity index (χ1n) is 6.93. The molecule has 1 aromatic heterocycles. The monoisotopic (exact) mass is 263 g/mol. The molecule has 6 nitrogen and oxygen atoms in total. The van der Waals surface area contributed by atoms with Crippen LogP contribution in [0.1, 0.15) is 6.42 Å². The van der Waals surface area contributed by atoms with Crippen LogP contribution in [0, 0.1) is 0 Å². The third kappa shape index (κ3) is 3.02. The van der Waals surface area contributed by atoms with Crippen molar-refractivity contribution < 1.29 is 5.11 Å². The number of hydrogen-bond donors (Lipinski definition) is 2. The minimum atomic E-state index is -0.536. The number of rotatable bonds is 3. The summed E-state index contributed by atoms with van der Waals surface area (Å²) in [4.78, 5) is 13.1. The van der Waals surface area contributed by atoms with Crippen molar-refractivity contribution in [2.45, 2.75) is 12.0 Å². The summed E-state index contributed by atoms with van der Waals surface area (Å²) in [7, 11) is 0. The van der Waals surface area contributed by atoms with Gasteiger partial charge in [0, 0.05) is 51.7 Å². The normalized spacial score (nSPS) is 28.8. The molecule has 0 radical (unpaired) electrons. The van der Waals surface area contributed by atoms with E-state index in [1.54, 1.807) is 12.4 Å². The highest BCUT2D eigenvalue weighted by Gasteiger charge is 2.34. The standard InChI is InChI=1S/C13H21N5O/c19-13(2-5-14-10-13)11-17-6-8-18(9-7-17)12-15-3-1-4-16-12/h1,3-4,14,19H,2,5-11H2. The number of aliphatic hydroxyl groups is 1. The fourth-order valence-corrected chi connectivity index (χ4v) is 2.84.